The van der Waals surface area contributed by atoms with Crippen molar-refractivity contribution in [2.75, 3.05) is 18.1 Å². The molecule has 0 N–H and O–H groups in total. The summed E-state index contributed by atoms with van der Waals surface area (Å²) in [6.07, 6.45) is 8.22. The average Bonchev–Trinajstić information content (AvgIpc) is 3.15. The van der Waals surface area contributed by atoms with Gasteiger partial charge in [0.2, 0.25) is 0 Å². The molecule has 1 saturated heterocycles. The first-order valence-electron chi connectivity index (χ1n) is 9.02. The highest BCUT2D eigenvalue weighted by molar-refractivity contribution is 6.20. The van der Waals surface area contributed by atoms with Crippen molar-refractivity contribution in [2.24, 2.45) is 5.10 Å². The van der Waals surface area contributed by atoms with Crippen molar-refractivity contribution in [1.82, 2.24) is 9.88 Å². The van der Waals surface area contributed by atoms with Gasteiger partial charge in [-0.2, -0.15) is 5.10 Å². The molecule has 1 unspecified atom stereocenters. The standard InChI is InChI=1S/C20H23ClN4/c21-20-5-1-2-12-24(20)15-16-6-8-18(9-7-16)25-13-10-19(23-25)17-4-3-11-22-14-17/h3-4,6-9,11,14,20H,1-2,5,10,12-13,15H2. The van der Waals surface area contributed by atoms with Gasteiger partial charge < -0.3 is 0 Å². The van der Waals surface area contributed by atoms with E-state index in [4.69, 9.17) is 16.7 Å². The van der Waals surface area contributed by atoms with Crippen LogP contribution in [0.3, 0.4) is 0 Å². The summed E-state index contributed by atoms with van der Waals surface area (Å²) < 4.78 is 0. The Labute approximate surface area is 154 Å². The number of aromatic nitrogens is 1. The highest BCUT2D eigenvalue weighted by Gasteiger charge is 2.20. The summed E-state index contributed by atoms with van der Waals surface area (Å²) in [4.78, 5) is 6.56. The predicted molar refractivity (Wildman–Crippen MR) is 103 cm³/mol. The maximum absolute atomic E-state index is 6.44. The third-order valence-electron chi connectivity index (χ3n) is 4.95. The van der Waals surface area contributed by atoms with Crippen molar-refractivity contribution in [3.05, 3.63) is 59.9 Å². The molecule has 1 fully saturated rings. The molecule has 0 amide bonds. The van der Waals surface area contributed by atoms with E-state index in [1.54, 1.807) is 6.20 Å². The Bertz CT molecular complexity index is 729. The third-order valence-corrected chi connectivity index (χ3v) is 5.44. The van der Waals surface area contributed by atoms with Crippen molar-refractivity contribution in [2.45, 2.75) is 37.7 Å². The number of likely N-dealkylation sites (tertiary alicyclic amines) is 1. The number of anilines is 1. The van der Waals surface area contributed by atoms with E-state index in [0.717, 1.165) is 49.4 Å². The van der Waals surface area contributed by atoms with Crippen molar-refractivity contribution in [3.63, 3.8) is 0 Å². The Hall–Kier alpha value is -1.91. The molecule has 1 aromatic carbocycles. The number of nitrogens with zero attached hydrogens (tertiary/aromatic N) is 4. The van der Waals surface area contributed by atoms with Gasteiger partial charge in [-0.1, -0.05) is 18.2 Å². The molecule has 4 rings (SSSR count). The Morgan fingerprint density at radius 2 is 1.96 bits per heavy atom. The fraction of sp³-hybridized carbons (Fsp3) is 0.400. The van der Waals surface area contributed by atoms with Gasteiger partial charge in [-0.05, 0) is 49.6 Å². The summed E-state index contributed by atoms with van der Waals surface area (Å²) in [6, 6.07) is 12.8. The SMILES string of the molecule is ClC1CCCCN1Cc1ccc(N2CCC(c3cccnc3)=N2)cc1. The second kappa shape index (κ2) is 7.54. The number of benzene rings is 1. The van der Waals surface area contributed by atoms with Gasteiger partial charge in [-0.3, -0.25) is 14.9 Å². The van der Waals surface area contributed by atoms with Gasteiger partial charge >= 0.3 is 0 Å². The van der Waals surface area contributed by atoms with E-state index in [2.05, 4.69) is 45.2 Å². The molecule has 0 spiro atoms. The van der Waals surface area contributed by atoms with Crippen LogP contribution in [-0.2, 0) is 6.54 Å². The van der Waals surface area contributed by atoms with Crippen LogP contribution in [0.2, 0.25) is 0 Å². The van der Waals surface area contributed by atoms with Gasteiger partial charge in [0.15, 0.2) is 0 Å². The van der Waals surface area contributed by atoms with Crippen LogP contribution in [0.4, 0.5) is 5.69 Å². The third kappa shape index (κ3) is 3.86. The maximum Gasteiger partial charge on any atom is 0.0853 e. The van der Waals surface area contributed by atoms with Crippen molar-refractivity contribution >= 4 is 23.0 Å². The molecular weight excluding hydrogens is 332 g/mol. The van der Waals surface area contributed by atoms with Crippen LogP contribution in [0.1, 0.15) is 36.8 Å². The smallest absolute Gasteiger partial charge is 0.0853 e. The topological polar surface area (TPSA) is 31.7 Å². The van der Waals surface area contributed by atoms with Crippen LogP contribution in [0.15, 0.2) is 53.9 Å². The molecule has 3 heterocycles. The van der Waals surface area contributed by atoms with Crippen molar-refractivity contribution < 1.29 is 0 Å². The molecule has 2 aliphatic rings. The molecule has 4 nitrogen and oxygen atoms in total. The van der Waals surface area contributed by atoms with Gasteiger partial charge in [0.05, 0.1) is 16.9 Å². The molecule has 2 aromatic rings. The Balaban J connectivity index is 1.43. The van der Waals surface area contributed by atoms with Gasteiger partial charge in [0.1, 0.15) is 0 Å². The molecule has 0 saturated carbocycles. The first-order chi connectivity index (χ1) is 12.3. The van der Waals surface area contributed by atoms with Crippen LogP contribution in [0, 0.1) is 0 Å². The molecule has 0 bridgehead atoms. The van der Waals surface area contributed by atoms with E-state index < -0.39 is 0 Å². The van der Waals surface area contributed by atoms with E-state index in [1.807, 2.05) is 12.3 Å². The van der Waals surface area contributed by atoms with Crippen LogP contribution < -0.4 is 5.01 Å². The lowest BCUT2D eigenvalue weighted by Crippen LogP contribution is -2.35. The first kappa shape index (κ1) is 16.6. The number of hydrazone groups is 1. The van der Waals surface area contributed by atoms with E-state index in [0.29, 0.717) is 0 Å². The number of rotatable bonds is 4. The zero-order chi connectivity index (χ0) is 17.1. The Morgan fingerprint density at radius 1 is 1.08 bits per heavy atom. The Morgan fingerprint density at radius 3 is 2.72 bits per heavy atom. The quantitative estimate of drug-likeness (QED) is 0.607. The van der Waals surface area contributed by atoms with Gasteiger partial charge in [0.25, 0.3) is 0 Å². The van der Waals surface area contributed by atoms with Crippen LogP contribution in [0.5, 0.6) is 0 Å². The van der Waals surface area contributed by atoms with E-state index in [1.165, 1.54) is 18.4 Å². The summed E-state index contributed by atoms with van der Waals surface area (Å²) in [5, 5.41) is 6.85. The largest absolute Gasteiger partial charge is 0.283 e. The highest BCUT2D eigenvalue weighted by Crippen LogP contribution is 2.25. The van der Waals surface area contributed by atoms with Crippen LogP contribution in [-0.4, -0.2) is 34.2 Å². The molecular formula is C20H23ClN4. The number of halogens is 1. The zero-order valence-corrected chi connectivity index (χ0v) is 15.1. The second-order valence-corrected chi connectivity index (χ2v) is 7.23. The van der Waals surface area contributed by atoms with E-state index in [9.17, 15) is 0 Å². The summed E-state index contributed by atoms with van der Waals surface area (Å²) in [5.74, 6) is 0. The minimum atomic E-state index is 0.179. The summed E-state index contributed by atoms with van der Waals surface area (Å²) in [7, 11) is 0. The fourth-order valence-corrected chi connectivity index (χ4v) is 3.84. The predicted octanol–water partition coefficient (Wildman–Crippen LogP) is 4.25. The molecule has 0 radical (unpaired) electrons. The molecule has 130 valence electrons. The van der Waals surface area contributed by atoms with Crippen LogP contribution in [0.25, 0.3) is 0 Å². The normalized spacial score (nSPS) is 21.4. The minimum Gasteiger partial charge on any atom is -0.283 e. The monoisotopic (exact) mass is 354 g/mol. The minimum absolute atomic E-state index is 0.179. The second-order valence-electron chi connectivity index (χ2n) is 6.73. The molecule has 2 aliphatic heterocycles. The lowest BCUT2D eigenvalue weighted by Gasteiger charge is -2.31. The highest BCUT2D eigenvalue weighted by atomic mass is 35.5. The van der Waals surface area contributed by atoms with Crippen molar-refractivity contribution in [1.29, 1.82) is 0 Å². The first-order valence-corrected chi connectivity index (χ1v) is 9.46. The molecule has 1 atom stereocenters. The molecule has 25 heavy (non-hydrogen) atoms. The fourth-order valence-electron chi connectivity index (χ4n) is 3.52. The number of hydrogen-bond donors (Lipinski definition) is 0. The van der Waals surface area contributed by atoms with Crippen LogP contribution >= 0.6 is 11.6 Å². The lowest BCUT2D eigenvalue weighted by atomic mass is 10.1. The Kier molecular flexibility index (Phi) is 4.99. The van der Waals surface area contributed by atoms with E-state index >= 15 is 0 Å². The summed E-state index contributed by atoms with van der Waals surface area (Å²) in [6.45, 7) is 2.94. The van der Waals surface area contributed by atoms with E-state index in [-0.39, 0.29) is 5.50 Å². The maximum atomic E-state index is 6.44. The lowest BCUT2D eigenvalue weighted by molar-refractivity contribution is 0.193. The number of piperidine rings is 1. The molecule has 5 heteroatoms. The van der Waals surface area contributed by atoms with Crippen molar-refractivity contribution in [3.8, 4) is 0 Å². The number of pyridine rings is 1. The summed E-state index contributed by atoms with van der Waals surface area (Å²) in [5.41, 5.74) is 4.85. The number of hydrogen-bond acceptors (Lipinski definition) is 4. The van der Waals surface area contributed by atoms with Gasteiger partial charge in [0, 0.05) is 37.5 Å². The average molecular weight is 355 g/mol. The molecule has 1 aromatic heterocycles. The molecule has 0 aliphatic carbocycles. The van der Waals surface area contributed by atoms with Gasteiger partial charge in [-0.15, -0.1) is 11.6 Å². The summed E-state index contributed by atoms with van der Waals surface area (Å²) >= 11 is 6.44. The van der Waals surface area contributed by atoms with Gasteiger partial charge in [-0.25, -0.2) is 0 Å². The zero-order valence-electron chi connectivity index (χ0n) is 14.3. The number of alkyl halides is 1.